The van der Waals surface area contributed by atoms with E-state index in [1.165, 1.54) is 23.3 Å². The number of hydrogen-bond acceptors (Lipinski definition) is 4. The lowest BCUT2D eigenvalue weighted by Crippen LogP contribution is -2.30. The average molecular weight is 471 g/mol. The highest BCUT2D eigenvalue weighted by Crippen LogP contribution is 2.30. The van der Waals surface area contributed by atoms with E-state index >= 15 is 0 Å². The summed E-state index contributed by atoms with van der Waals surface area (Å²) in [6.45, 7) is 5.11. The van der Waals surface area contributed by atoms with Gasteiger partial charge in [0, 0.05) is 25.0 Å². The van der Waals surface area contributed by atoms with Crippen molar-refractivity contribution in [2.24, 2.45) is 0 Å². The van der Waals surface area contributed by atoms with Gasteiger partial charge in [0.2, 0.25) is 0 Å². The van der Waals surface area contributed by atoms with Crippen LogP contribution in [-0.2, 0) is 19.3 Å². The molecule has 1 saturated heterocycles. The van der Waals surface area contributed by atoms with E-state index in [2.05, 4.69) is 44.8 Å². The van der Waals surface area contributed by atoms with Crippen LogP contribution in [0.15, 0.2) is 69.8 Å². The number of halogens is 3. The third-order valence-corrected chi connectivity index (χ3v) is 6.85. The highest BCUT2D eigenvalue weighted by Gasteiger charge is 2.30. The highest BCUT2D eigenvalue weighted by atomic mass is 32.1. The topological polar surface area (TPSA) is 19.6 Å². The summed E-state index contributed by atoms with van der Waals surface area (Å²) >= 11 is 1.69. The van der Waals surface area contributed by atoms with Crippen molar-refractivity contribution in [2.45, 2.75) is 25.7 Å². The molecule has 0 radical (unpaired) electrons. The van der Waals surface area contributed by atoms with Crippen LogP contribution in [0, 0.1) is 0 Å². The molecule has 0 bridgehead atoms. The van der Waals surface area contributed by atoms with Crippen LogP contribution in [0.25, 0.3) is 22.1 Å². The van der Waals surface area contributed by atoms with Gasteiger partial charge in [0.1, 0.15) is 11.3 Å². The molecule has 33 heavy (non-hydrogen) atoms. The number of thiophene rings is 1. The molecular formula is C26H25F3N2OS. The average Bonchev–Trinajstić information content (AvgIpc) is 3.41. The zero-order valence-corrected chi connectivity index (χ0v) is 19.0. The maximum atomic E-state index is 12.8. The summed E-state index contributed by atoms with van der Waals surface area (Å²) < 4.78 is 44.4. The van der Waals surface area contributed by atoms with Crippen molar-refractivity contribution in [3.05, 3.63) is 82.2 Å². The summed E-state index contributed by atoms with van der Waals surface area (Å²) in [5.41, 5.74) is 3.65. The summed E-state index contributed by atoms with van der Waals surface area (Å²) in [6.07, 6.45) is -3.27. The third-order valence-electron chi connectivity index (χ3n) is 6.17. The molecule has 0 atom stereocenters. The lowest BCUT2D eigenvalue weighted by atomic mass is 10.1. The molecule has 0 amide bonds. The number of hydrogen-bond donors (Lipinski definition) is 0. The van der Waals surface area contributed by atoms with Gasteiger partial charge >= 0.3 is 6.18 Å². The molecule has 3 heterocycles. The van der Waals surface area contributed by atoms with E-state index in [1.807, 2.05) is 6.07 Å². The standard InChI is InChI=1S/C26H25F3N2OS/c27-26(28,29)23-5-2-19(3-6-23)16-30-9-1-10-31(12-11-30)17-24-15-22-14-20(4-7-25(22)32-24)21-8-13-33-18-21/h2-8,13-15,18H,1,9-12,16-17H2. The van der Waals surface area contributed by atoms with Gasteiger partial charge in [-0.2, -0.15) is 24.5 Å². The Hall–Kier alpha value is -2.61. The molecule has 172 valence electrons. The van der Waals surface area contributed by atoms with Crippen LogP contribution in [0.5, 0.6) is 0 Å². The second-order valence-corrected chi connectivity index (χ2v) is 9.36. The Morgan fingerprint density at radius 1 is 0.818 bits per heavy atom. The first kappa shape index (κ1) is 22.2. The van der Waals surface area contributed by atoms with Crippen molar-refractivity contribution < 1.29 is 17.6 Å². The second kappa shape index (κ2) is 9.33. The summed E-state index contributed by atoms with van der Waals surface area (Å²) in [5, 5.41) is 5.35. The molecule has 0 N–H and O–H groups in total. The van der Waals surface area contributed by atoms with Crippen molar-refractivity contribution in [3.8, 4) is 11.1 Å². The zero-order chi connectivity index (χ0) is 22.8. The van der Waals surface area contributed by atoms with E-state index in [0.717, 1.165) is 61.4 Å². The molecule has 1 fully saturated rings. The maximum Gasteiger partial charge on any atom is 0.416 e. The molecule has 3 nitrogen and oxygen atoms in total. The van der Waals surface area contributed by atoms with E-state index in [0.29, 0.717) is 6.54 Å². The van der Waals surface area contributed by atoms with Crippen LogP contribution in [0.1, 0.15) is 23.3 Å². The van der Waals surface area contributed by atoms with Crippen LogP contribution >= 0.6 is 11.3 Å². The molecule has 2 aromatic carbocycles. The van der Waals surface area contributed by atoms with Crippen LogP contribution < -0.4 is 0 Å². The van der Waals surface area contributed by atoms with Crippen molar-refractivity contribution in [1.29, 1.82) is 0 Å². The van der Waals surface area contributed by atoms with E-state index < -0.39 is 11.7 Å². The van der Waals surface area contributed by atoms with E-state index in [1.54, 1.807) is 23.5 Å². The highest BCUT2D eigenvalue weighted by molar-refractivity contribution is 7.08. The van der Waals surface area contributed by atoms with Gasteiger partial charge in [-0.15, -0.1) is 0 Å². The van der Waals surface area contributed by atoms with Gasteiger partial charge in [0.05, 0.1) is 12.1 Å². The number of fused-ring (bicyclic) bond motifs is 1. The molecule has 2 aromatic heterocycles. The number of benzene rings is 2. The molecule has 0 aliphatic carbocycles. The minimum absolute atomic E-state index is 0.596. The Labute approximate surface area is 195 Å². The number of alkyl halides is 3. The van der Waals surface area contributed by atoms with Gasteiger partial charge in [-0.05, 0) is 83.4 Å². The van der Waals surface area contributed by atoms with Gasteiger partial charge < -0.3 is 4.42 Å². The third kappa shape index (κ3) is 5.32. The van der Waals surface area contributed by atoms with Gasteiger partial charge in [-0.25, -0.2) is 0 Å². The van der Waals surface area contributed by atoms with Crippen LogP contribution in [0.4, 0.5) is 13.2 Å². The Morgan fingerprint density at radius 3 is 2.27 bits per heavy atom. The summed E-state index contributed by atoms with van der Waals surface area (Å²) in [7, 11) is 0. The number of furan rings is 1. The molecule has 4 aromatic rings. The zero-order valence-electron chi connectivity index (χ0n) is 18.1. The lowest BCUT2D eigenvalue weighted by molar-refractivity contribution is -0.137. The van der Waals surface area contributed by atoms with Crippen molar-refractivity contribution in [2.75, 3.05) is 26.2 Å². The summed E-state index contributed by atoms with van der Waals surface area (Å²) in [5.74, 6) is 0.962. The van der Waals surface area contributed by atoms with Gasteiger partial charge in [-0.3, -0.25) is 9.80 Å². The molecular weight excluding hydrogens is 445 g/mol. The Morgan fingerprint density at radius 2 is 1.58 bits per heavy atom. The molecule has 0 spiro atoms. The Balaban J connectivity index is 1.19. The molecule has 0 saturated carbocycles. The van der Waals surface area contributed by atoms with Gasteiger partial charge in [0.15, 0.2) is 0 Å². The molecule has 7 heteroatoms. The van der Waals surface area contributed by atoms with Gasteiger partial charge in [-0.1, -0.05) is 18.2 Å². The summed E-state index contributed by atoms with van der Waals surface area (Å²) in [6, 6.07) is 16.1. The fraction of sp³-hybridized carbons (Fsp3) is 0.308. The first-order chi connectivity index (χ1) is 15.9. The minimum Gasteiger partial charge on any atom is -0.460 e. The van der Waals surface area contributed by atoms with Gasteiger partial charge in [0.25, 0.3) is 0 Å². The van der Waals surface area contributed by atoms with Crippen molar-refractivity contribution >= 4 is 22.3 Å². The first-order valence-electron chi connectivity index (χ1n) is 11.1. The van der Waals surface area contributed by atoms with E-state index in [4.69, 9.17) is 4.42 Å². The van der Waals surface area contributed by atoms with Crippen LogP contribution in [-0.4, -0.2) is 36.0 Å². The van der Waals surface area contributed by atoms with E-state index in [9.17, 15) is 13.2 Å². The quantitative estimate of drug-likeness (QED) is 0.317. The van der Waals surface area contributed by atoms with E-state index in [-0.39, 0.29) is 0 Å². The van der Waals surface area contributed by atoms with Crippen molar-refractivity contribution in [1.82, 2.24) is 9.80 Å². The maximum absolute atomic E-state index is 12.8. The largest absolute Gasteiger partial charge is 0.460 e. The molecule has 0 unspecified atom stereocenters. The molecule has 5 rings (SSSR count). The fourth-order valence-corrected chi connectivity index (χ4v) is 5.07. The predicted molar refractivity (Wildman–Crippen MR) is 126 cm³/mol. The summed E-state index contributed by atoms with van der Waals surface area (Å²) in [4.78, 5) is 4.71. The number of nitrogens with zero attached hydrogens (tertiary/aromatic N) is 2. The van der Waals surface area contributed by atoms with Crippen LogP contribution in [0.2, 0.25) is 0 Å². The second-order valence-electron chi connectivity index (χ2n) is 8.58. The monoisotopic (exact) mass is 470 g/mol. The number of rotatable bonds is 5. The predicted octanol–water partition coefficient (Wildman–Crippen LogP) is 6.89. The lowest BCUT2D eigenvalue weighted by Gasteiger charge is -2.21. The SMILES string of the molecule is FC(F)(F)c1ccc(CN2CCCN(Cc3cc4cc(-c5ccsc5)ccc4o3)CC2)cc1. The van der Waals surface area contributed by atoms with Crippen LogP contribution in [0.3, 0.4) is 0 Å². The minimum atomic E-state index is -4.29. The normalized spacial score (nSPS) is 16.3. The fourth-order valence-electron chi connectivity index (χ4n) is 4.40. The Bertz CT molecular complexity index is 1200. The molecule has 1 aliphatic rings. The molecule has 1 aliphatic heterocycles. The first-order valence-corrected chi connectivity index (χ1v) is 12.0. The Kier molecular flexibility index (Phi) is 6.27. The van der Waals surface area contributed by atoms with Crippen molar-refractivity contribution in [3.63, 3.8) is 0 Å². The smallest absolute Gasteiger partial charge is 0.416 e.